The molecule has 1 aliphatic carbocycles. The van der Waals surface area contributed by atoms with Crippen LogP contribution in [0.2, 0.25) is 0 Å². The van der Waals surface area contributed by atoms with Crippen molar-refractivity contribution >= 4 is 5.91 Å². The molecule has 1 aliphatic rings. The summed E-state index contributed by atoms with van der Waals surface area (Å²) in [5.41, 5.74) is 5.09. The minimum atomic E-state index is -0.212. The number of aliphatic hydroxyl groups excluding tert-OH is 1. The first-order chi connectivity index (χ1) is 4.74. The van der Waals surface area contributed by atoms with Crippen LogP contribution in [0.25, 0.3) is 0 Å². The molecule has 0 heterocycles. The summed E-state index contributed by atoms with van der Waals surface area (Å²) in [5.74, 6) is 0.130. The Labute approximate surface area is 60.2 Å². The maximum absolute atomic E-state index is 10.6. The van der Waals surface area contributed by atoms with Gasteiger partial charge in [0.15, 0.2) is 0 Å². The number of rotatable bonds is 2. The van der Waals surface area contributed by atoms with Crippen molar-refractivity contribution in [3.05, 3.63) is 0 Å². The summed E-state index contributed by atoms with van der Waals surface area (Å²) >= 11 is 0. The summed E-state index contributed by atoms with van der Waals surface area (Å²) in [6, 6.07) is 0. The molecule has 3 heteroatoms. The van der Waals surface area contributed by atoms with Crippen LogP contribution < -0.4 is 5.73 Å². The second-order valence-electron chi connectivity index (χ2n) is 2.96. The summed E-state index contributed by atoms with van der Waals surface area (Å²) in [7, 11) is 0. The van der Waals surface area contributed by atoms with Crippen molar-refractivity contribution in [3.63, 3.8) is 0 Å². The highest BCUT2D eigenvalue weighted by molar-refractivity contribution is 5.76. The molecule has 1 rings (SSSR count). The van der Waals surface area contributed by atoms with E-state index >= 15 is 0 Å². The average molecular weight is 143 g/mol. The molecule has 0 saturated heterocycles. The topological polar surface area (TPSA) is 63.3 Å². The fourth-order valence-electron chi connectivity index (χ4n) is 1.50. The van der Waals surface area contributed by atoms with E-state index < -0.39 is 0 Å². The molecule has 3 N–H and O–H groups in total. The van der Waals surface area contributed by atoms with E-state index in [4.69, 9.17) is 10.8 Å². The Morgan fingerprint density at radius 3 is 2.60 bits per heavy atom. The SMILES string of the molecule is NC(=O)[C@@H]1CC[C@H](CO)C1. The Kier molecular flexibility index (Phi) is 2.27. The Morgan fingerprint density at radius 1 is 1.60 bits per heavy atom. The Hall–Kier alpha value is -0.570. The van der Waals surface area contributed by atoms with Crippen LogP contribution in [0.15, 0.2) is 0 Å². The van der Waals surface area contributed by atoms with E-state index in [1.54, 1.807) is 0 Å². The van der Waals surface area contributed by atoms with E-state index in [2.05, 4.69) is 0 Å². The first-order valence-corrected chi connectivity index (χ1v) is 3.64. The highest BCUT2D eigenvalue weighted by Crippen LogP contribution is 2.29. The molecule has 58 valence electrons. The lowest BCUT2D eigenvalue weighted by atomic mass is 10.1. The van der Waals surface area contributed by atoms with Crippen molar-refractivity contribution < 1.29 is 9.90 Å². The molecule has 2 atom stereocenters. The van der Waals surface area contributed by atoms with Crippen molar-refractivity contribution in [1.29, 1.82) is 0 Å². The standard InChI is InChI=1S/C7H13NO2/c8-7(10)6-2-1-5(3-6)4-9/h5-6,9H,1-4H2,(H2,8,10)/t5-,6+/m0/s1. The predicted octanol–water partition coefficient (Wildman–Crippen LogP) is -0.120. The van der Waals surface area contributed by atoms with Crippen molar-refractivity contribution in [2.24, 2.45) is 17.6 Å². The summed E-state index contributed by atoms with van der Waals surface area (Å²) in [6.45, 7) is 0.198. The minimum Gasteiger partial charge on any atom is -0.396 e. The Bertz CT molecular complexity index is 136. The van der Waals surface area contributed by atoms with Gasteiger partial charge < -0.3 is 10.8 Å². The van der Waals surface area contributed by atoms with Crippen LogP contribution in [0, 0.1) is 11.8 Å². The maximum Gasteiger partial charge on any atom is 0.220 e. The lowest BCUT2D eigenvalue weighted by Crippen LogP contribution is -2.20. The van der Waals surface area contributed by atoms with Gasteiger partial charge >= 0.3 is 0 Å². The number of carbonyl (C=O) groups excluding carboxylic acids is 1. The molecule has 3 nitrogen and oxygen atoms in total. The van der Waals surface area contributed by atoms with Gasteiger partial charge in [0.1, 0.15) is 0 Å². The quantitative estimate of drug-likeness (QED) is 0.566. The zero-order chi connectivity index (χ0) is 7.56. The van der Waals surface area contributed by atoms with Crippen LogP contribution in [0.3, 0.4) is 0 Å². The average Bonchev–Trinajstić information content (AvgIpc) is 2.34. The van der Waals surface area contributed by atoms with Crippen LogP contribution in [0.4, 0.5) is 0 Å². The molecule has 0 aromatic carbocycles. The lowest BCUT2D eigenvalue weighted by molar-refractivity contribution is -0.121. The molecular weight excluding hydrogens is 130 g/mol. The van der Waals surface area contributed by atoms with Crippen molar-refractivity contribution in [3.8, 4) is 0 Å². The number of amides is 1. The maximum atomic E-state index is 10.6. The highest BCUT2D eigenvalue weighted by atomic mass is 16.3. The van der Waals surface area contributed by atoms with E-state index in [0.717, 1.165) is 19.3 Å². The monoisotopic (exact) mass is 143 g/mol. The van der Waals surface area contributed by atoms with Gasteiger partial charge in [-0.05, 0) is 25.2 Å². The van der Waals surface area contributed by atoms with Gasteiger partial charge in [0.2, 0.25) is 5.91 Å². The number of hydrogen-bond donors (Lipinski definition) is 2. The normalized spacial score (nSPS) is 32.5. The molecule has 0 unspecified atom stereocenters. The third-order valence-corrected chi connectivity index (χ3v) is 2.20. The van der Waals surface area contributed by atoms with E-state index in [-0.39, 0.29) is 18.4 Å². The van der Waals surface area contributed by atoms with E-state index in [9.17, 15) is 4.79 Å². The molecular formula is C7H13NO2. The van der Waals surface area contributed by atoms with Crippen LogP contribution in [0.5, 0.6) is 0 Å². The van der Waals surface area contributed by atoms with Crippen LogP contribution in [-0.4, -0.2) is 17.6 Å². The van der Waals surface area contributed by atoms with Gasteiger partial charge in [-0.3, -0.25) is 4.79 Å². The lowest BCUT2D eigenvalue weighted by Gasteiger charge is -2.03. The molecule has 0 spiro atoms. The smallest absolute Gasteiger partial charge is 0.220 e. The third kappa shape index (κ3) is 1.48. The number of carbonyl (C=O) groups is 1. The predicted molar refractivity (Wildman–Crippen MR) is 37.1 cm³/mol. The Morgan fingerprint density at radius 2 is 2.30 bits per heavy atom. The molecule has 0 aromatic heterocycles. The number of primary amides is 1. The van der Waals surface area contributed by atoms with Crippen molar-refractivity contribution in [1.82, 2.24) is 0 Å². The molecule has 0 aliphatic heterocycles. The van der Waals surface area contributed by atoms with E-state index in [1.807, 2.05) is 0 Å². The van der Waals surface area contributed by atoms with Gasteiger partial charge in [-0.1, -0.05) is 0 Å². The molecule has 1 saturated carbocycles. The highest BCUT2D eigenvalue weighted by Gasteiger charge is 2.27. The second-order valence-corrected chi connectivity index (χ2v) is 2.96. The molecule has 10 heavy (non-hydrogen) atoms. The number of aliphatic hydroxyl groups is 1. The zero-order valence-electron chi connectivity index (χ0n) is 5.92. The molecule has 1 amide bonds. The van der Waals surface area contributed by atoms with Gasteiger partial charge in [-0.2, -0.15) is 0 Å². The van der Waals surface area contributed by atoms with Gasteiger partial charge in [0, 0.05) is 12.5 Å². The minimum absolute atomic E-state index is 0.0251. The van der Waals surface area contributed by atoms with Gasteiger partial charge in [-0.25, -0.2) is 0 Å². The van der Waals surface area contributed by atoms with Crippen LogP contribution in [0.1, 0.15) is 19.3 Å². The molecule has 0 radical (unpaired) electrons. The second kappa shape index (κ2) is 3.01. The number of nitrogens with two attached hydrogens (primary N) is 1. The van der Waals surface area contributed by atoms with Crippen LogP contribution >= 0.6 is 0 Å². The summed E-state index contributed by atoms with van der Waals surface area (Å²) in [4.78, 5) is 10.6. The molecule has 0 aromatic rings. The first-order valence-electron chi connectivity index (χ1n) is 3.64. The summed E-state index contributed by atoms with van der Waals surface area (Å²) in [6.07, 6.45) is 2.59. The fourth-order valence-corrected chi connectivity index (χ4v) is 1.50. The van der Waals surface area contributed by atoms with Gasteiger partial charge in [0.25, 0.3) is 0 Å². The first kappa shape index (κ1) is 7.54. The fraction of sp³-hybridized carbons (Fsp3) is 0.857. The van der Waals surface area contributed by atoms with E-state index in [1.165, 1.54) is 0 Å². The Balaban J connectivity index is 2.35. The van der Waals surface area contributed by atoms with Crippen molar-refractivity contribution in [2.45, 2.75) is 19.3 Å². The molecule has 0 bridgehead atoms. The van der Waals surface area contributed by atoms with Crippen molar-refractivity contribution in [2.75, 3.05) is 6.61 Å². The summed E-state index contributed by atoms with van der Waals surface area (Å²) in [5, 5.41) is 8.71. The zero-order valence-corrected chi connectivity index (χ0v) is 5.92. The van der Waals surface area contributed by atoms with Gasteiger partial charge in [0.05, 0.1) is 0 Å². The van der Waals surface area contributed by atoms with Gasteiger partial charge in [-0.15, -0.1) is 0 Å². The summed E-state index contributed by atoms with van der Waals surface area (Å²) < 4.78 is 0. The van der Waals surface area contributed by atoms with Crippen LogP contribution in [-0.2, 0) is 4.79 Å². The number of hydrogen-bond acceptors (Lipinski definition) is 2. The molecule has 1 fully saturated rings. The van der Waals surface area contributed by atoms with E-state index in [0.29, 0.717) is 5.92 Å². The largest absolute Gasteiger partial charge is 0.396 e. The third-order valence-electron chi connectivity index (χ3n) is 2.20.